The van der Waals surface area contributed by atoms with Gasteiger partial charge in [-0.15, -0.1) is 0 Å². The van der Waals surface area contributed by atoms with E-state index in [0.29, 0.717) is 29.0 Å². The van der Waals surface area contributed by atoms with E-state index in [-0.39, 0.29) is 11.2 Å². The topological polar surface area (TPSA) is 81.0 Å². The van der Waals surface area contributed by atoms with Gasteiger partial charge in [0.05, 0.1) is 0 Å². The first-order valence-corrected chi connectivity index (χ1v) is 12.6. The molecule has 6 nitrogen and oxygen atoms in total. The summed E-state index contributed by atoms with van der Waals surface area (Å²) >= 11 is 0. The number of ether oxygens (including phenoxy) is 1. The Bertz CT molecular complexity index is 1340. The minimum atomic E-state index is -0.0355. The van der Waals surface area contributed by atoms with Gasteiger partial charge in [0.25, 0.3) is 0 Å². The summed E-state index contributed by atoms with van der Waals surface area (Å²) in [5.74, 6) is 3.34. The lowest BCUT2D eigenvalue weighted by atomic mass is 9.96. The molecule has 1 N–H and O–H groups in total. The molecule has 4 aromatic rings. The van der Waals surface area contributed by atoms with E-state index in [1.165, 1.54) is 0 Å². The van der Waals surface area contributed by atoms with Gasteiger partial charge >= 0.3 is 0 Å². The number of hydrogen-bond acceptors (Lipinski definition) is 6. The van der Waals surface area contributed by atoms with Crippen molar-refractivity contribution in [3.63, 3.8) is 0 Å². The number of hydrogen-bond donors (Lipinski definition) is 1. The van der Waals surface area contributed by atoms with Gasteiger partial charge in [-0.3, -0.25) is 4.98 Å². The normalized spacial score (nSPS) is 13.0. The number of benzene rings is 2. The van der Waals surface area contributed by atoms with Gasteiger partial charge in [0, 0.05) is 34.5 Å². The van der Waals surface area contributed by atoms with Crippen LogP contribution in [-0.4, -0.2) is 25.0 Å². The third-order valence-electron chi connectivity index (χ3n) is 5.24. The van der Waals surface area contributed by atoms with Crippen LogP contribution in [0.4, 0.5) is 0 Å². The molecule has 0 amide bonds. The van der Waals surface area contributed by atoms with Crippen LogP contribution in [-0.2, 0) is 0 Å². The van der Waals surface area contributed by atoms with Crippen LogP contribution < -0.4 is 4.74 Å². The van der Waals surface area contributed by atoms with Crippen molar-refractivity contribution in [1.82, 2.24) is 19.9 Å². The van der Waals surface area contributed by atoms with Crippen LogP contribution in [0, 0.1) is 5.41 Å². The highest BCUT2D eigenvalue weighted by Gasteiger charge is 2.21. The number of aromatic nitrogens is 4. The fraction of sp³-hybridized carbons (Fsp3) is 0.226. The summed E-state index contributed by atoms with van der Waals surface area (Å²) in [5.41, 5.74) is 2.68. The molecule has 190 valence electrons. The number of pyridine rings is 1. The Morgan fingerprint density at radius 3 is 1.65 bits per heavy atom. The average Bonchev–Trinajstić information content (AvgIpc) is 3.32. The summed E-state index contributed by atoms with van der Waals surface area (Å²) in [6, 6.07) is 18.0. The molecule has 1 aliphatic rings. The van der Waals surface area contributed by atoms with Gasteiger partial charge in [0.2, 0.25) is 0 Å². The van der Waals surface area contributed by atoms with E-state index in [1.54, 1.807) is 36.7 Å². The summed E-state index contributed by atoms with van der Waals surface area (Å²) < 4.78 is 5.86. The molecule has 2 aromatic heterocycles. The third kappa shape index (κ3) is 7.10. The fourth-order valence-electron chi connectivity index (χ4n) is 3.53. The highest BCUT2D eigenvalue weighted by Crippen LogP contribution is 2.33. The first kappa shape index (κ1) is 27.3. The number of allylic oxidation sites excluding steroid dienone is 4. The highest BCUT2D eigenvalue weighted by molar-refractivity contribution is 5.76. The van der Waals surface area contributed by atoms with Gasteiger partial charge in [-0.05, 0) is 60.7 Å². The van der Waals surface area contributed by atoms with Crippen molar-refractivity contribution in [1.29, 1.82) is 0 Å². The van der Waals surface area contributed by atoms with Crippen molar-refractivity contribution in [3.05, 3.63) is 97.1 Å². The molecule has 0 radical (unpaired) electrons. The predicted molar refractivity (Wildman–Crippen MR) is 150 cm³/mol. The van der Waals surface area contributed by atoms with Crippen LogP contribution in [0.3, 0.4) is 0 Å². The number of nitrogens with zero attached hydrogens (tertiary/aromatic N) is 4. The zero-order chi connectivity index (χ0) is 26.8. The van der Waals surface area contributed by atoms with Crippen molar-refractivity contribution in [2.24, 2.45) is 5.41 Å². The zero-order valence-corrected chi connectivity index (χ0v) is 22.3. The lowest BCUT2D eigenvalue weighted by Crippen LogP contribution is -2.03. The number of phenols is 1. The number of phenolic OH excluding ortho intramolecular Hbond substituents is 1. The first-order valence-electron chi connectivity index (χ1n) is 12.6. The van der Waals surface area contributed by atoms with Gasteiger partial charge in [0.15, 0.2) is 17.5 Å². The second-order valence-electron chi connectivity index (χ2n) is 8.42. The minimum absolute atomic E-state index is 0.0355. The van der Waals surface area contributed by atoms with Crippen LogP contribution in [0.25, 0.3) is 28.3 Å². The summed E-state index contributed by atoms with van der Waals surface area (Å²) in [6.07, 6.45) is 9.83. The van der Waals surface area contributed by atoms with Crippen LogP contribution in [0.5, 0.6) is 17.2 Å². The van der Waals surface area contributed by atoms with Crippen LogP contribution in [0.15, 0.2) is 91.3 Å². The lowest BCUT2D eigenvalue weighted by Gasteiger charge is -2.11. The Morgan fingerprint density at radius 2 is 1.14 bits per heavy atom. The fourth-order valence-corrected chi connectivity index (χ4v) is 3.53. The Labute approximate surface area is 219 Å². The third-order valence-corrected chi connectivity index (χ3v) is 5.24. The molecule has 0 aliphatic heterocycles. The minimum Gasteiger partial charge on any atom is -0.508 e. The molecule has 0 spiro atoms. The second kappa shape index (κ2) is 12.6. The molecule has 0 saturated heterocycles. The van der Waals surface area contributed by atoms with Gasteiger partial charge in [-0.25, -0.2) is 15.0 Å². The van der Waals surface area contributed by atoms with Crippen molar-refractivity contribution in [2.75, 3.05) is 0 Å². The monoisotopic (exact) mass is 494 g/mol. The van der Waals surface area contributed by atoms with Crippen molar-refractivity contribution >= 4 is 5.57 Å². The zero-order valence-electron chi connectivity index (χ0n) is 22.3. The van der Waals surface area contributed by atoms with Gasteiger partial charge in [-0.2, -0.15) is 0 Å². The molecule has 2 aromatic carbocycles. The SMILES string of the molecule is CC.CC.CC1(C)C=CC(c2nc(-c3ccncc3)nc(-c3ccc(Oc4ccc(O)cc4)cc3)n2)=C1. The maximum Gasteiger partial charge on any atom is 0.164 e. The van der Waals surface area contributed by atoms with E-state index < -0.39 is 0 Å². The molecule has 0 bridgehead atoms. The molecule has 0 unspecified atom stereocenters. The molecular formula is C31H34N4O2. The van der Waals surface area contributed by atoms with Crippen LogP contribution in [0.2, 0.25) is 0 Å². The highest BCUT2D eigenvalue weighted by atomic mass is 16.5. The molecule has 6 heteroatoms. The van der Waals surface area contributed by atoms with Crippen molar-refractivity contribution in [3.8, 4) is 40.0 Å². The van der Waals surface area contributed by atoms with Crippen LogP contribution in [0.1, 0.15) is 47.4 Å². The summed E-state index contributed by atoms with van der Waals surface area (Å²) in [4.78, 5) is 18.3. The summed E-state index contributed by atoms with van der Waals surface area (Å²) in [5, 5.41) is 9.43. The molecule has 37 heavy (non-hydrogen) atoms. The first-order chi connectivity index (χ1) is 17.9. The largest absolute Gasteiger partial charge is 0.508 e. The molecule has 0 saturated carbocycles. The molecule has 1 aliphatic carbocycles. The van der Waals surface area contributed by atoms with Gasteiger partial charge in [-0.1, -0.05) is 59.8 Å². The molecule has 5 rings (SSSR count). The Morgan fingerprint density at radius 1 is 0.649 bits per heavy atom. The van der Waals surface area contributed by atoms with Crippen molar-refractivity contribution in [2.45, 2.75) is 41.5 Å². The number of rotatable bonds is 5. The smallest absolute Gasteiger partial charge is 0.164 e. The summed E-state index contributed by atoms with van der Waals surface area (Å²) in [6.45, 7) is 12.3. The Balaban J connectivity index is 0.000000907. The Hall–Kier alpha value is -4.32. The molecule has 0 fully saturated rings. The maximum atomic E-state index is 9.43. The quantitative estimate of drug-likeness (QED) is 0.302. The average molecular weight is 495 g/mol. The number of aromatic hydroxyl groups is 1. The van der Waals surface area contributed by atoms with E-state index in [4.69, 9.17) is 19.7 Å². The van der Waals surface area contributed by atoms with E-state index >= 15 is 0 Å². The van der Waals surface area contributed by atoms with E-state index in [0.717, 1.165) is 16.7 Å². The maximum absolute atomic E-state index is 9.43. The lowest BCUT2D eigenvalue weighted by molar-refractivity contribution is 0.464. The summed E-state index contributed by atoms with van der Waals surface area (Å²) in [7, 11) is 0. The molecule has 2 heterocycles. The molecular weight excluding hydrogens is 460 g/mol. The van der Waals surface area contributed by atoms with E-state index in [9.17, 15) is 5.11 Å². The van der Waals surface area contributed by atoms with Crippen molar-refractivity contribution < 1.29 is 9.84 Å². The van der Waals surface area contributed by atoms with E-state index in [2.05, 4.69) is 37.1 Å². The molecule has 0 atom stereocenters. The predicted octanol–water partition coefficient (Wildman–Crippen LogP) is 8.13. The standard InChI is InChI=1S/C27H22N4O2.2C2H6/c1-27(2)14-11-20(17-27)26-30-24(29-25(31-26)19-12-15-28-16-13-19)18-3-7-22(8-4-18)33-23-9-5-21(32)6-10-23;2*1-2/h3-17,32H,1-2H3;2*1-2H3. The Kier molecular flexibility index (Phi) is 9.27. The van der Waals surface area contributed by atoms with Gasteiger partial charge in [0.1, 0.15) is 17.2 Å². The van der Waals surface area contributed by atoms with Crippen LogP contribution >= 0.6 is 0 Å². The van der Waals surface area contributed by atoms with E-state index in [1.807, 2.05) is 64.1 Å². The second-order valence-corrected chi connectivity index (χ2v) is 8.42. The van der Waals surface area contributed by atoms with Gasteiger partial charge < -0.3 is 9.84 Å².